The molecular formula is C35H45N3O2S. The SMILES string of the molecule is COc1ccc([C@H]2CC[C@H](CN(c3cccc(-c4cnc(C5CC5)s4)c3)C(=O)[C@H]3CC[C@H](CN)CC3)CC2)cc1C. The zero-order chi connectivity index (χ0) is 28.3. The quantitative estimate of drug-likeness (QED) is 0.282. The summed E-state index contributed by atoms with van der Waals surface area (Å²) in [5.74, 6) is 3.71. The number of methoxy groups -OCH3 is 1. The van der Waals surface area contributed by atoms with Crippen molar-refractivity contribution in [3.63, 3.8) is 0 Å². The van der Waals surface area contributed by atoms with E-state index in [0.29, 0.717) is 29.6 Å². The lowest BCUT2D eigenvalue weighted by molar-refractivity contribution is -0.123. The van der Waals surface area contributed by atoms with Crippen LogP contribution in [-0.4, -0.2) is 31.1 Å². The van der Waals surface area contributed by atoms with E-state index in [1.807, 2.05) is 17.5 Å². The molecule has 1 amide bonds. The Morgan fingerprint density at radius 1 is 0.951 bits per heavy atom. The zero-order valence-corrected chi connectivity index (χ0v) is 25.5. The smallest absolute Gasteiger partial charge is 0.230 e. The number of amides is 1. The van der Waals surface area contributed by atoms with Crippen molar-refractivity contribution in [3.05, 3.63) is 64.8 Å². The van der Waals surface area contributed by atoms with E-state index in [4.69, 9.17) is 15.5 Å². The normalized spacial score (nSPS) is 24.7. The fourth-order valence-electron chi connectivity index (χ4n) is 7.05. The number of benzene rings is 2. The van der Waals surface area contributed by atoms with Crippen LogP contribution in [0.15, 0.2) is 48.7 Å². The maximum absolute atomic E-state index is 14.2. The Labute approximate surface area is 249 Å². The van der Waals surface area contributed by atoms with E-state index in [0.717, 1.165) is 63.1 Å². The first-order valence-corrected chi connectivity index (χ1v) is 16.6. The predicted octanol–water partition coefficient (Wildman–Crippen LogP) is 8.08. The Morgan fingerprint density at radius 3 is 2.37 bits per heavy atom. The van der Waals surface area contributed by atoms with Gasteiger partial charge in [0, 0.05) is 30.3 Å². The highest BCUT2D eigenvalue weighted by atomic mass is 32.1. The molecule has 2 aromatic carbocycles. The number of carbonyl (C=O) groups is 1. The Kier molecular flexibility index (Phi) is 8.78. The van der Waals surface area contributed by atoms with Crippen molar-refractivity contribution in [2.24, 2.45) is 23.5 Å². The number of hydrogen-bond donors (Lipinski definition) is 1. The molecule has 3 aliphatic rings. The van der Waals surface area contributed by atoms with Crippen LogP contribution < -0.4 is 15.4 Å². The summed E-state index contributed by atoms with van der Waals surface area (Å²) in [7, 11) is 1.74. The van der Waals surface area contributed by atoms with Gasteiger partial charge in [-0.3, -0.25) is 4.79 Å². The summed E-state index contributed by atoms with van der Waals surface area (Å²) < 4.78 is 5.48. The second-order valence-corrected chi connectivity index (χ2v) is 13.8. The lowest BCUT2D eigenvalue weighted by Crippen LogP contribution is -2.41. The number of aryl methyl sites for hydroxylation is 1. The minimum atomic E-state index is 0.102. The van der Waals surface area contributed by atoms with Crippen LogP contribution in [-0.2, 0) is 4.79 Å². The molecule has 0 spiro atoms. The third kappa shape index (κ3) is 6.54. The molecular weight excluding hydrogens is 526 g/mol. The molecule has 6 heteroatoms. The second kappa shape index (κ2) is 12.7. The first-order chi connectivity index (χ1) is 20.0. The molecule has 3 saturated carbocycles. The highest BCUT2D eigenvalue weighted by molar-refractivity contribution is 7.15. The van der Waals surface area contributed by atoms with Gasteiger partial charge in [0.25, 0.3) is 0 Å². The molecule has 1 aromatic heterocycles. The Morgan fingerprint density at radius 2 is 1.68 bits per heavy atom. The van der Waals surface area contributed by atoms with Gasteiger partial charge in [0.15, 0.2) is 0 Å². The van der Waals surface area contributed by atoms with Crippen LogP contribution >= 0.6 is 11.3 Å². The van der Waals surface area contributed by atoms with Crippen LogP contribution in [0.1, 0.15) is 92.2 Å². The van der Waals surface area contributed by atoms with E-state index < -0.39 is 0 Å². The monoisotopic (exact) mass is 571 g/mol. The highest BCUT2D eigenvalue weighted by Crippen LogP contribution is 2.44. The summed E-state index contributed by atoms with van der Waals surface area (Å²) in [5, 5.41) is 1.26. The van der Waals surface area contributed by atoms with Gasteiger partial charge in [0.05, 0.1) is 17.0 Å². The van der Waals surface area contributed by atoms with Crippen molar-refractivity contribution in [2.45, 2.75) is 83.0 Å². The number of thiazole rings is 1. The molecule has 1 heterocycles. The molecule has 0 radical (unpaired) electrons. The van der Waals surface area contributed by atoms with Crippen LogP contribution in [0.4, 0.5) is 5.69 Å². The third-order valence-corrected chi connectivity index (χ3v) is 11.1. The number of nitrogens with two attached hydrogens (primary N) is 1. The van der Waals surface area contributed by atoms with Gasteiger partial charge in [0.2, 0.25) is 5.91 Å². The van der Waals surface area contributed by atoms with Crippen LogP contribution in [0, 0.1) is 24.7 Å². The number of aromatic nitrogens is 1. The van der Waals surface area contributed by atoms with E-state index in [1.54, 1.807) is 7.11 Å². The number of nitrogens with zero attached hydrogens (tertiary/aromatic N) is 2. The molecule has 0 unspecified atom stereocenters. The number of anilines is 1. The van der Waals surface area contributed by atoms with E-state index in [9.17, 15) is 4.79 Å². The number of hydrogen-bond acceptors (Lipinski definition) is 5. The maximum Gasteiger partial charge on any atom is 0.230 e. The molecule has 5 nitrogen and oxygen atoms in total. The van der Waals surface area contributed by atoms with Gasteiger partial charge in [-0.2, -0.15) is 0 Å². The van der Waals surface area contributed by atoms with Gasteiger partial charge < -0.3 is 15.4 Å². The highest BCUT2D eigenvalue weighted by Gasteiger charge is 2.33. The van der Waals surface area contributed by atoms with Gasteiger partial charge in [-0.15, -0.1) is 11.3 Å². The third-order valence-electron chi connectivity index (χ3n) is 9.87. The van der Waals surface area contributed by atoms with Gasteiger partial charge in [-0.05, 0) is 130 Å². The van der Waals surface area contributed by atoms with Crippen LogP contribution in [0.5, 0.6) is 5.75 Å². The van der Waals surface area contributed by atoms with Crippen molar-refractivity contribution in [2.75, 3.05) is 25.1 Å². The molecule has 41 heavy (non-hydrogen) atoms. The first kappa shape index (κ1) is 28.4. The fraction of sp³-hybridized carbons (Fsp3) is 0.543. The summed E-state index contributed by atoms with van der Waals surface area (Å²) >= 11 is 1.82. The number of ether oxygens (including phenoxy) is 1. The molecule has 0 aliphatic heterocycles. The van der Waals surface area contributed by atoms with E-state index in [-0.39, 0.29) is 5.92 Å². The molecule has 3 fully saturated rings. The summed E-state index contributed by atoms with van der Waals surface area (Å²) in [5.41, 5.74) is 10.8. The summed E-state index contributed by atoms with van der Waals surface area (Å²) in [6.07, 6.45) is 13.3. The topological polar surface area (TPSA) is 68.5 Å². The van der Waals surface area contributed by atoms with Gasteiger partial charge in [-0.1, -0.05) is 24.3 Å². The van der Waals surface area contributed by atoms with Crippen molar-refractivity contribution >= 4 is 22.9 Å². The van der Waals surface area contributed by atoms with E-state index in [2.05, 4.69) is 54.3 Å². The van der Waals surface area contributed by atoms with Crippen LogP contribution in [0.2, 0.25) is 0 Å². The lowest BCUT2D eigenvalue weighted by atomic mass is 9.77. The lowest BCUT2D eigenvalue weighted by Gasteiger charge is -2.36. The molecule has 2 N–H and O–H groups in total. The molecule has 0 atom stereocenters. The average Bonchev–Trinajstić information content (AvgIpc) is 3.75. The van der Waals surface area contributed by atoms with Crippen LogP contribution in [0.3, 0.4) is 0 Å². The number of rotatable bonds is 9. The Balaban J connectivity index is 1.19. The summed E-state index contributed by atoms with van der Waals surface area (Å²) in [4.78, 5) is 22.3. The largest absolute Gasteiger partial charge is 0.496 e. The predicted molar refractivity (Wildman–Crippen MR) is 169 cm³/mol. The zero-order valence-electron chi connectivity index (χ0n) is 24.7. The average molecular weight is 572 g/mol. The summed E-state index contributed by atoms with van der Waals surface area (Å²) in [6, 6.07) is 15.3. The minimum Gasteiger partial charge on any atom is -0.496 e. The maximum atomic E-state index is 14.2. The standard InChI is InChI=1S/C35H45N3O2S/c1-23-18-29(16-17-32(23)40-2)26-10-8-25(9-11-26)22-38(35(39)28-12-6-24(20-36)7-13-28)31-5-3-4-30(19-31)33-21-37-34(41-33)27-14-15-27/h3-5,16-19,21,24-28H,6-15,20,22,36H2,1-2H3/t24-,25-,26-,28-. The molecule has 218 valence electrons. The first-order valence-electron chi connectivity index (χ1n) is 15.7. The second-order valence-electron chi connectivity index (χ2n) is 12.7. The van der Waals surface area contributed by atoms with Gasteiger partial charge in [0.1, 0.15) is 5.75 Å². The van der Waals surface area contributed by atoms with Gasteiger partial charge >= 0.3 is 0 Å². The minimum absolute atomic E-state index is 0.102. The van der Waals surface area contributed by atoms with Gasteiger partial charge in [-0.25, -0.2) is 4.98 Å². The Bertz CT molecular complexity index is 1330. The van der Waals surface area contributed by atoms with Crippen LogP contribution in [0.25, 0.3) is 10.4 Å². The van der Waals surface area contributed by atoms with Crippen molar-refractivity contribution in [3.8, 4) is 16.2 Å². The number of carbonyl (C=O) groups excluding carboxylic acids is 1. The fourth-order valence-corrected chi connectivity index (χ4v) is 8.13. The molecule has 3 aliphatic carbocycles. The van der Waals surface area contributed by atoms with E-state index in [1.165, 1.54) is 52.3 Å². The summed E-state index contributed by atoms with van der Waals surface area (Å²) in [6.45, 7) is 3.68. The molecule has 3 aromatic rings. The molecule has 6 rings (SSSR count). The van der Waals surface area contributed by atoms with Crippen molar-refractivity contribution < 1.29 is 9.53 Å². The molecule has 0 saturated heterocycles. The van der Waals surface area contributed by atoms with Crippen molar-refractivity contribution in [1.29, 1.82) is 0 Å². The van der Waals surface area contributed by atoms with E-state index >= 15 is 0 Å². The Hall–Kier alpha value is -2.70. The van der Waals surface area contributed by atoms with Crippen molar-refractivity contribution in [1.82, 2.24) is 4.98 Å². The molecule has 0 bridgehead atoms.